The molecule has 3 nitrogen and oxygen atoms in total. The fourth-order valence-corrected chi connectivity index (χ4v) is 3.03. The second-order valence-electron chi connectivity index (χ2n) is 6.33. The van der Waals surface area contributed by atoms with Crippen LogP contribution in [0, 0.1) is 6.92 Å². The molecule has 0 spiro atoms. The van der Waals surface area contributed by atoms with Gasteiger partial charge in [-0.2, -0.15) is 0 Å². The van der Waals surface area contributed by atoms with E-state index in [-0.39, 0.29) is 0 Å². The number of nitrogens with zero attached hydrogens (tertiary/aromatic N) is 2. The molecule has 2 N–H and O–H groups in total. The van der Waals surface area contributed by atoms with E-state index in [9.17, 15) is 0 Å². The SMILES string of the molecule is Cc1cc(N)cc(-c2cc(-c3ccccc3)nc(-c3ccccc3)n2)c1. The van der Waals surface area contributed by atoms with Gasteiger partial charge >= 0.3 is 0 Å². The Morgan fingerprint density at radius 1 is 0.615 bits per heavy atom. The summed E-state index contributed by atoms with van der Waals surface area (Å²) >= 11 is 0. The highest BCUT2D eigenvalue weighted by Crippen LogP contribution is 2.28. The number of anilines is 1. The van der Waals surface area contributed by atoms with Crippen molar-refractivity contribution in [2.75, 3.05) is 5.73 Å². The molecule has 1 heterocycles. The fourth-order valence-electron chi connectivity index (χ4n) is 3.03. The average Bonchev–Trinajstić information content (AvgIpc) is 2.68. The van der Waals surface area contributed by atoms with Crippen molar-refractivity contribution in [3.8, 4) is 33.9 Å². The van der Waals surface area contributed by atoms with Gasteiger partial charge in [0.25, 0.3) is 0 Å². The molecule has 3 heteroatoms. The quantitative estimate of drug-likeness (QED) is 0.511. The first-order chi connectivity index (χ1) is 12.7. The van der Waals surface area contributed by atoms with E-state index in [1.165, 1.54) is 0 Å². The summed E-state index contributed by atoms with van der Waals surface area (Å²) in [5, 5.41) is 0. The maximum absolute atomic E-state index is 6.05. The summed E-state index contributed by atoms with van der Waals surface area (Å²) in [6.07, 6.45) is 0. The summed E-state index contributed by atoms with van der Waals surface area (Å²) in [5.74, 6) is 0.710. The Kier molecular flexibility index (Phi) is 4.20. The van der Waals surface area contributed by atoms with E-state index >= 15 is 0 Å². The number of aryl methyl sites for hydroxylation is 1. The van der Waals surface area contributed by atoms with Gasteiger partial charge < -0.3 is 5.73 Å². The third-order valence-corrected chi connectivity index (χ3v) is 4.22. The minimum atomic E-state index is 0.710. The van der Waals surface area contributed by atoms with Crippen LogP contribution in [0.15, 0.2) is 84.9 Å². The summed E-state index contributed by atoms with van der Waals surface area (Å²) in [6, 6.07) is 28.2. The Morgan fingerprint density at radius 2 is 1.19 bits per heavy atom. The second-order valence-corrected chi connectivity index (χ2v) is 6.33. The largest absolute Gasteiger partial charge is 0.399 e. The number of hydrogen-bond donors (Lipinski definition) is 1. The van der Waals surface area contributed by atoms with Gasteiger partial charge in [0.2, 0.25) is 0 Å². The third kappa shape index (κ3) is 3.33. The lowest BCUT2D eigenvalue weighted by atomic mass is 10.0. The number of nitrogens with two attached hydrogens (primary N) is 1. The highest BCUT2D eigenvalue weighted by molar-refractivity contribution is 5.73. The molecule has 0 unspecified atom stereocenters. The molecule has 0 atom stereocenters. The molecule has 0 saturated carbocycles. The van der Waals surface area contributed by atoms with E-state index < -0.39 is 0 Å². The van der Waals surface area contributed by atoms with Gasteiger partial charge in [0, 0.05) is 22.4 Å². The van der Waals surface area contributed by atoms with Crippen LogP contribution >= 0.6 is 0 Å². The molecule has 0 bridgehead atoms. The van der Waals surface area contributed by atoms with Crippen LogP contribution in [0.4, 0.5) is 5.69 Å². The van der Waals surface area contributed by atoms with Gasteiger partial charge in [-0.3, -0.25) is 0 Å². The van der Waals surface area contributed by atoms with Crippen molar-refractivity contribution in [2.45, 2.75) is 6.92 Å². The van der Waals surface area contributed by atoms with Crippen molar-refractivity contribution in [3.63, 3.8) is 0 Å². The molecule has 0 amide bonds. The second kappa shape index (κ2) is 6.81. The van der Waals surface area contributed by atoms with Crippen molar-refractivity contribution in [1.29, 1.82) is 0 Å². The van der Waals surface area contributed by atoms with Gasteiger partial charge in [-0.05, 0) is 36.8 Å². The summed E-state index contributed by atoms with van der Waals surface area (Å²) in [5.41, 5.74) is 12.7. The van der Waals surface area contributed by atoms with Crippen LogP contribution in [-0.2, 0) is 0 Å². The number of benzene rings is 3. The Hall–Kier alpha value is -3.46. The fraction of sp³-hybridized carbons (Fsp3) is 0.0435. The van der Waals surface area contributed by atoms with Gasteiger partial charge in [0.05, 0.1) is 11.4 Å². The highest BCUT2D eigenvalue weighted by Gasteiger charge is 2.11. The van der Waals surface area contributed by atoms with E-state index in [2.05, 4.69) is 18.2 Å². The van der Waals surface area contributed by atoms with Crippen LogP contribution in [0.2, 0.25) is 0 Å². The molecule has 1 aromatic heterocycles. The van der Waals surface area contributed by atoms with Crippen LogP contribution < -0.4 is 5.73 Å². The van der Waals surface area contributed by atoms with Gasteiger partial charge in [-0.15, -0.1) is 0 Å². The van der Waals surface area contributed by atoms with E-state index in [1.807, 2.05) is 73.7 Å². The summed E-state index contributed by atoms with van der Waals surface area (Å²) in [4.78, 5) is 9.62. The minimum Gasteiger partial charge on any atom is -0.399 e. The Labute approximate surface area is 153 Å². The molecule has 0 fully saturated rings. The number of rotatable bonds is 3. The molecule has 4 aromatic rings. The zero-order valence-corrected chi connectivity index (χ0v) is 14.6. The lowest BCUT2D eigenvalue weighted by molar-refractivity contribution is 1.18. The number of aromatic nitrogens is 2. The van der Waals surface area contributed by atoms with Crippen molar-refractivity contribution < 1.29 is 0 Å². The van der Waals surface area contributed by atoms with Crippen LogP contribution in [0.1, 0.15) is 5.56 Å². The molecule has 0 radical (unpaired) electrons. The average molecular weight is 337 g/mol. The first-order valence-electron chi connectivity index (χ1n) is 8.56. The molecule has 0 aliphatic heterocycles. The predicted molar refractivity (Wildman–Crippen MR) is 107 cm³/mol. The Morgan fingerprint density at radius 3 is 1.81 bits per heavy atom. The predicted octanol–water partition coefficient (Wildman–Crippen LogP) is 5.37. The van der Waals surface area contributed by atoms with Gasteiger partial charge in [0.15, 0.2) is 5.82 Å². The standard InChI is InChI=1S/C23H19N3/c1-16-12-19(14-20(24)13-16)22-15-21(17-8-4-2-5-9-17)25-23(26-22)18-10-6-3-7-11-18/h2-15H,24H2,1H3. The van der Waals surface area contributed by atoms with E-state index in [1.54, 1.807) is 0 Å². The summed E-state index contributed by atoms with van der Waals surface area (Å²) in [7, 11) is 0. The van der Waals surface area contributed by atoms with Crippen LogP contribution in [-0.4, -0.2) is 9.97 Å². The smallest absolute Gasteiger partial charge is 0.160 e. The topological polar surface area (TPSA) is 51.8 Å². The van der Waals surface area contributed by atoms with E-state index in [4.69, 9.17) is 15.7 Å². The van der Waals surface area contributed by atoms with Crippen molar-refractivity contribution in [3.05, 3.63) is 90.5 Å². The summed E-state index contributed by atoms with van der Waals surface area (Å²) in [6.45, 7) is 2.04. The molecule has 26 heavy (non-hydrogen) atoms. The monoisotopic (exact) mass is 337 g/mol. The van der Waals surface area contributed by atoms with E-state index in [0.717, 1.165) is 39.3 Å². The zero-order chi connectivity index (χ0) is 17.9. The normalized spacial score (nSPS) is 10.7. The number of hydrogen-bond acceptors (Lipinski definition) is 3. The Bertz CT molecular complexity index is 964. The molecule has 126 valence electrons. The minimum absolute atomic E-state index is 0.710. The Balaban J connectivity index is 1.93. The maximum atomic E-state index is 6.05. The molecular formula is C23H19N3. The zero-order valence-electron chi connectivity index (χ0n) is 14.6. The highest BCUT2D eigenvalue weighted by atomic mass is 14.9. The van der Waals surface area contributed by atoms with E-state index in [0.29, 0.717) is 5.82 Å². The number of nitrogen functional groups attached to an aromatic ring is 1. The molecule has 0 aliphatic carbocycles. The molecule has 3 aromatic carbocycles. The van der Waals surface area contributed by atoms with Crippen LogP contribution in [0.25, 0.3) is 33.9 Å². The molecule has 0 aliphatic rings. The maximum Gasteiger partial charge on any atom is 0.160 e. The lowest BCUT2D eigenvalue weighted by Crippen LogP contribution is -1.96. The van der Waals surface area contributed by atoms with Crippen molar-refractivity contribution >= 4 is 5.69 Å². The van der Waals surface area contributed by atoms with Crippen LogP contribution in [0.3, 0.4) is 0 Å². The van der Waals surface area contributed by atoms with Crippen LogP contribution in [0.5, 0.6) is 0 Å². The van der Waals surface area contributed by atoms with Gasteiger partial charge in [-0.25, -0.2) is 9.97 Å². The van der Waals surface area contributed by atoms with Gasteiger partial charge in [-0.1, -0.05) is 60.7 Å². The van der Waals surface area contributed by atoms with Crippen molar-refractivity contribution in [2.24, 2.45) is 0 Å². The van der Waals surface area contributed by atoms with Gasteiger partial charge in [0.1, 0.15) is 0 Å². The molecule has 0 saturated heterocycles. The first kappa shape index (κ1) is 16.0. The molecular weight excluding hydrogens is 318 g/mol. The van der Waals surface area contributed by atoms with Crippen molar-refractivity contribution in [1.82, 2.24) is 9.97 Å². The lowest BCUT2D eigenvalue weighted by Gasteiger charge is -2.10. The third-order valence-electron chi connectivity index (χ3n) is 4.22. The first-order valence-corrected chi connectivity index (χ1v) is 8.56. The summed E-state index contributed by atoms with van der Waals surface area (Å²) < 4.78 is 0. The molecule has 4 rings (SSSR count).